The summed E-state index contributed by atoms with van der Waals surface area (Å²) in [7, 11) is 0. The van der Waals surface area contributed by atoms with Gasteiger partial charge in [-0.2, -0.15) is 5.26 Å². The van der Waals surface area contributed by atoms with Gasteiger partial charge < -0.3 is 25.4 Å². The molecule has 0 aromatic heterocycles. The van der Waals surface area contributed by atoms with Crippen molar-refractivity contribution in [2.45, 2.75) is 44.7 Å². The van der Waals surface area contributed by atoms with Gasteiger partial charge in [-0.1, -0.05) is 18.2 Å². The lowest BCUT2D eigenvalue weighted by molar-refractivity contribution is -0.143. The number of halogens is 2. The molecule has 1 heterocycles. The van der Waals surface area contributed by atoms with E-state index < -0.39 is 37.0 Å². The van der Waals surface area contributed by atoms with Gasteiger partial charge in [-0.15, -0.1) is 0 Å². The van der Waals surface area contributed by atoms with Gasteiger partial charge in [0.1, 0.15) is 18.4 Å². The fourth-order valence-electron chi connectivity index (χ4n) is 4.57. The number of nitrogens with zero attached hydrogens (tertiary/aromatic N) is 1. The summed E-state index contributed by atoms with van der Waals surface area (Å²) in [6, 6.07) is 18.3. The van der Waals surface area contributed by atoms with E-state index in [4.69, 9.17) is 14.7 Å². The lowest BCUT2D eigenvalue weighted by Gasteiger charge is -2.26. The van der Waals surface area contributed by atoms with Gasteiger partial charge in [0.2, 0.25) is 11.8 Å². The minimum Gasteiger partial charge on any atom is -0.487 e. The van der Waals surface area contributed by atoms with Crippen LogP contribution in [-0.4, -0.2) is 37.4 Å². The lowest BCUT2D eigenvalue weighted by Crippen LogP contribution is -2.37. The van der Waals surface area contributed by atoms with Gasteiger partial charge in [0, 0.05) is 17.8 Å². The van der Waals surface area contributed by atoms with Crippen LogP contribution < -0.4 is 20.7 Å². The van der Waals surface area contributed by atoms with Crippen LogP contribution in [0.15, 0.2) is 66.7 Å². The number of benzene rings is 3. The molecule has 1 aliphatic heterocycles. The van der Waals surface area contributed by atoms with Crippen LogP contribution in [0.5, 0.6) is 5.75 Å². The van der Waals surface area contributed by atoms with Crippen molar-refractivity contribution < 1.29 is 32.6 Å². The Bertz CT molecular complexity index is 1470. The second-order valence-electron chi connectivity index (χ2n) is 9.58. The molecule has 218 valence electrons. The molecule has 1 aliphatic rings. The summed E-state index contributed by atoms with van der Waals surface area (Å²) < 4.78 is 36.3. The Morgan fingerprint density at radius 1 is 1.07 bits per heavy atom. The van der Waals surface area contributed by atoms with Crippen LogP contribution in [0.3, 0.4) is 0 Å². The Kier molecular flexibility index (Phi) is 10.1. The third kappa shape index (κ3) is 8.04. The summed E-state index contributed by atoms with van der Waals surface area (Å²) in [6.07, 6.45) is -2.68. The van der Waals surface area contributed by atoms with E-state index in [1.807, 2.05) is 6.07 Å². The maximum absolute atomic E-state index is 13.9. The van der Waals surface area contributed by atoms with Gasteiger partial charge in [-0.3, -0.25) is 14.4 Å². The van der Waals surface area contributed by atoms with Crippen molar-refractivity contribution in [1.82, 2.24) is 5.32 Å². The number of carbonyl (C=O) groups excluding carboxylic acids is 3. The van der Waals surface area contributed by atoms with Gasteiger partial charge in [0.05, 0.1) is 30.7 Å². The maximum Gasteiger partial charge on any atom is 0.308 e. The molecule has 2 atom stereocenters. The summed E-state index contributed by atoms with van der Waals surface area (Å²) in [6.45, 7) is 1.03. The fraction of sp³-hybridized carbons (Fsp3) is 0.290. The molecular weight excluding hydrogens is 546 g/mol. The smallest absolute Gasteiger partial charge is 0.308 e. The largest absolute Gasteiger partial charge is 0.487 e. The number of amides is 2. The Morgan fingerprint density at radius 3 is 2.57 bits per heavy atom. The first-order valence-electron chi connectivity index (χ1n) is 13.4. The summed E-state index contributed by atoms with van der Waals surface area (Å²) in [4.78, 5) is 39.3. The van der Waals surface area contributed by atoms with Crippen LogP contribution in [0.25, 0.3) is 0 Å². The topological polar surface area (TPSA) is 130 Å². The second kappa shape index (κ2) is 14.1. The summed E-state index contributed by atoms with van der Waals surface area (Å²) in [5.74, 6) is -1.13. The first kappa shape index (κ1) is 30.0. The highest BCUT2D eigenvalue weighted by atomic mass is 19.3. The Hall–Kier alpha value is -4.98. The van der Waals surface area contributed by atoms with Crippen LogP contribution in [-0.2, 0) is 25.5 Å². The molecule has 42 heavy (non-hydrogen) atoms. The highest BCUT2D eigenvalue weighted by molar-refractivity contribution is 5.91. The number of anilines is 2. The number of nitrogens with one attached hydrogen (secondary N) is 3. The average molecular weight is 577 g/mol. The molecule has 0 aliphatic carbocycles. The zero-order chi connectivity index (χ0) is 30.1. The number of hydrogen-bond acceptors (Lipinski definition) is 7. The molecule has 0 saturated carbocycles. The number of aryl methyl sites for hydroxylation is 1. The van der Waals surface area contributed by atoms with Gasteiger partial charge in [0.15, 0.2) is 0 Å². The van der Waals surface area contributed by atoms with E-state index in [0.29, 0.717) is 33.6 Å². The molecule has 0 radical (unpaired) electrons. The number of ether oxygens (including phenoxy) is 2. The number of hydrogen-bond donors (Lipinski definition) is 3. The Labute approximate surface area is 241 Å². The van der Waals surface area contributed by atoms with Crippen LogP contribution >= 0.6 is 0 Å². The number of carbonyl (C=O) groups is 3. The third-order valence-electron chi connectivity index (χ3n) is 6.56. The van der Waals surface area contributed by atoms with Crippen LogP contribution in [0, 0.1) is 11.3 Å². The van der Waals surface area contributed by atoms with Crippen molar-refractivity contribution in [3.63, 3.8) is 0 Å². The fourth-order valence-corrected chi connectivity index (χ4v) is 4.57. The summed E-state index contributed by atoms with van der Waals surface area (Å²) >= 11 is 0. The van der Waals surface area contributed by atoms with Gasteiger partial charge >= 0.3 is 5.97 Å². The zero-order valence-corrected chi connectivity index (χ0v) is 22.9. The lowest BCUT2D eigenvalue weighted by atomic mass is 9.97. The molecule has 11 heteroatoms. The predicted molar refractivity (Wildman–Crippen MR) is 151 cm³/mol. The van der Waals surface area contributed by atoms with Gasteiger partial charge in [-0.25, -0.2) is 8.78 Å². The van der Waals surface area contributed by atoms with E-state index in [1.165, 1.54) is 6.07 Å². The molecule has 0 saturated heterocycles. The van der Waals surface area contributed by atoms with Crippen molar-refractivity contribution in [2.75, 3.05) is 23.8 Å². The van der Waals surface area contributed by atoms with Crippen molar-refractivity contribution in [3.05, 3.63) is 89.0 Å². The number of esters is 1. The van der Waals surface area contributed by atoms with Crippen LogP contribution in [0.1, 0.15) is 54.1 Å². The average Bonchev–Trinajstić information content (AvgIpc) is 2.97. The predicted octanol–water partition coefficient (Wildman–Crippen LogP) is 5.05. The van der Waals surface area contributed by atoms with Crippen LogP contribution in [0.4, 0.5) is 20.2 Å². The van der Waals surface area contributed by atoms with Crippen molar-refractivity contribution in [3.8, 4) is 11.8 Å². The second-order valence-corrected chi connectivity index (χ2v) is 9.58. The van der Waals surface area contributed by atoms with Crippen molar-refractivity contribution >= 4 is 29.2 Å². The van der Waals surface area contributed by atoms with E-state index in [0.717, 1.165) is 0 Å². The van der Waals surface area contributed by atoms with Gasteiger partial charge in [-0.05, 0) is 78.6 Å². The van der Waals surface area contributed by atoms with E-state index in [-0.39, 0.29) is 37.5 Å². The molecule has 2 amide bonds. The third-order valence-corrected chi connectivity index (χ3v) is 6.56. The highest BCUT2D eigenvalue weighted by Gasteiger charge is 2.27. The van der Waals surface area contributed by atoms with Gasteiger partial charge in [0.25, 0.3) is 6.43 Å². The molecule has 1 unspecified atom stereocenters. The molecule has 0 spiro atoms. The number of rotatable bonds is 8. The Morgan fingerprint density at radius 2 is 1.86 bits per heavy atom. The maximum atomic E-state index is 13.9. The summed E-state index contributed by atoms with van der Waals surface area (Å²) in [5, 5.41) is 18.1. The van der Waals surface area contributed by atoms with Crippen molar-refractivity contribution in [1.29, 1.82) is 5.26 Å². The number of alkyl halides is 2. The SMILES string of the molecule is CCOC(=O)C[C@H]1NC(=O)C(Nc2ccc(C#N)cc2)c2ccc(OCC(F)F)c(c2)CCC(=O)Nc2cccc1c2. The minimum absolute atomic E-state index is 0.0187. The van der Waals surface area contributed by atoms with Crippen molar-refractivity contribution in [2.24, 2.45) is 0 Å². The molecule has 3 aromatic rings. The minimum atomic E-state index is -2.70. The molecule has 4 rings (SSSR count). The van der Waals surface area contributed by atoms with Crippen LogP contribution in [0.2, 0.25) is 0 Å². The molecule has 9 nitrogen and oxygen atoms in total. The quantitative estimate of drug-likeness (QED) is 0.320. The monoisotopic (exact) mass is 576 g/mol. The van der Waals surface area contributed by atoms with E-state index >= 15 is 0 Å². The molecule has 4 bridgehead atoms. The zero-order valence-electron chi connectivity index (χ0n) is 22.9. The molecular formula is C31H30F2N4O5. The summed E-state index contributed by atoms with van der Waals surface area (Å²) in [5.41, 5.74) is 2.96. The number of nitriles is 1. The van der Waals surface area contributed by atoms with E-state index in [2.05, 4.69) is 16.0 Å². The highest BCUT2D eigenvalue weighted by Crippen LogP contribution is 2.30. The first-order chi connectivity index (χ1) is 20.2. The van der Waals surface area contributed by atoms with E-state index in [1.54, 1.807) is 67.6 Å². The Balaban J connectivity index is 1.78. The normalized spacial score (nSPS) is 16.8. The number of fused-ring (bicyclic) bond motifs is 4. The molecule has 0 fully saturated rings. The molecule has 3 aromatic carbocycles. The molecule has 3 N–H and O–H groups in total. The first-order valence-corrected chi connectivity index (χ1v) is 13.4. The van der Waals surface area contributed by atoms with E-state index in [9.17, 15) is 23.2 Å². The standard InChI is InChI=1S/C31H30F2N4O5/c1-2-41-29(39)16-25-20-4-3-5-24(15-20)35-28(38)13-9-21-14-22(8-12-26(21)42-18-27(32)33)30(31(40)37-25)36-23-10-6-19(17-34)7-11-23/h3-8,10-12,14-15,25,27,30,36H,2,9,13,16,18H2,1H3,(H,35,38)(H,37,40)/t25-,30?/m1/s1.